The van der Waals surface area contributed by atoms with Gasteiger partial charge in [-0.25, -0.2) is 9.97 Å². The van der Waals surface area contributed by atoms with Gasteiger partial charge < -0.3 is 20.9 Å². The average Bonchev–Trinajstić information content (AvgIpc) is 3.30. The zero-order valence-electron chi connectivity index (χ0n) is 17.3. The van der Waals surface area contributed by atoms with Gasteiger partial charge in [0.25, 0.3) is 5.91 Å². The van der Waals surface area contributed by atoms with Crippen molar-refractivity contribution in [2.24, 2.45) is 0 Å². The minimum Gasteiger partial charge on any atom is -0.357 e. The van der Waals surface area contributed by atoms with E-state index >= 15 is 0 Å². The minimum absolute atomic E-state index is 0.0170. The van der Waals surface area contributed by atoms with Crippen LogP contribution in [0, 0.1) is 11.3 Å². The van der Waals surface area contributed by atoms with E-state index in [-0.39, 0.29) is 28.9 Å². The molecule has 1 amide bonds. The molecule has 170 valence electrons. The predicted molar refractivity (Wildman–Crippen MR) is 115 cm³/mol. The quantitative estimate of drug-likeness (QED) is 0.465. The van der Waals surface area contributed by atoms with Crippen LogP contribution in [0.25, 0.3) is 11.3 Å². The van der Waals surface area contributed by atoms with Crippen molar-refractivity contribution in [1.29, 1.82) is 5.26 Å². The summed E-state index contributed by atoms with van der Waals surface area (Å²) in [7, 11) is 0. The number of amides is 1. The largest absolute Gasteiger partial charge is 0.419 e. The van der Waals surface area contributed by atoms with Crippen LogP contribution in [-0.2, 0) is 6.18 Å². The fraction of sp³-hybridized carbons (Fsp3) is 0.273. The van der Waals surface area contributed by atoms with Crippen molar-refractivity contribution >= 4 is 17.5 Å². The van der Waals surface area contributed by atoms with Gasteiger partial charge in [0.2, 0.25) is 5.95 Å². The van der Waals surface area contributed by atoms with Crippen LogP contribution in [0.3, 0.4) is 0 Å². The van der Waals surface area contributed by atoms with Gasteiger partial charge in [0.05, 0.1) is 17.3 Å². The summed E-state index contributed by atoms with van der Waals surface area (Å²) >= 11 is 0. The highest BCUT2D eigenvalue weighted by Crippen LogP contribution is 2.36. The number of nitrogens with zero attached hydrogens (tertiary/aromatic N) is 3. The van der Waals surface area contributed by atoms with Crippen LogP contribution in [0.1, 0.15) is 34.5 Å². The molecule has 1 aliphatic heterocycles. The third-order valence-electron chi connectivity index (χ3n) is 5.20. The molecule has 0 unspecified atom stereocenters. The smallest absolute Gasteiger partial charge is 0.357 e. The zero-order chi connectivity index (χ0) is 23.4. The van der Waals surface area contributed by atoms with E-state index in [0.717, 1.165) is 25.6 Å². The number of alkyl halides is 3. The number of nitrogens with one attached hydrogen (secondary N) is 4. The number of carbonyl (C=O) groups excluding carboxylic acids is 1. The number of rotatable bonds is 5. The van der Waals surface area contributed by atoms with E-state index in [2.05, 4.69) is 30.9 Å². The van der Waals surface area contributed by atoms with Gasteiger partial charge >= 0.3 is 6.18 Å². The van der Waals surface area contributed by atoms with Crippen molar-refractivity contribution < 1.29 is 18.0 Å². The summed E-state index contributed by atoms with van der Waals surface area (Å²) in [5.74, 6) is -0.448. The second kappa shape index (κ2) is 9.30. The molecule has 4 rings (SSSR count). The maximum absolute atomic E-state index is 13.6. The Morgan fingerprint density at radius 1 is 1.24 bits per heavy atom. The van der Waals surface area contributed by atoms with Gasteiger partial charge in [-0.2, -0.15) is 18.4 Å². The monoisotopic (exact) mass is 455 g/mol. The Morgan fingerprint density at radius 3 is 2.70 bits per heavy atom. The summed E-state index contributed by atoms with van der Waals surface area (Å²) in [6.07, 6.45) is -0.804. The number of hydrogen-bond acceptors (Lipinski definition) is 6. The molecule has 4 N–H and O–H groups in total. The fourth-order valence-corrected chi connectivity index (χ4v) is 3.53. The summed E-state index contributed by atoms with van der Waals surface area (Å²) in [5, 5.41) is 17.8. The molecule has 0 spiro atoms. The number of nitriles is 1. The molecule has 1 aliphatic rings. The Hall–Kier alpha value is -3.91. The van der Waals surface area contributed by atoms with E-state index in [0.29, 0.717) is 17.8 Å². The maximum atomic E-state index is 13.6. The summed E-state index contributed by atoms with van der Waals surface area (Å²) in [5.41, 5.74) is -0.260. The Bertz CT molecular complexity index is 1180. The van der Waals surface area contributed by atoms with Gasteiger partial charge in [0, 0.05) is 36.2 Å². The van der Waals surface area contributed by atoms with Crippen LogP contribution < -0.4 is 16.0 Å². The van der Waals surface area contributed by atoms with Crippen molar-refractivity contribution in [3.63, 3.8) is 0 Å². The van der Waals surface area contributed by atoms with Crippen LogP contribution in [0.4, 0.5) is 24.8 Å². The van der Waals surface area contributed by atoms with Crippen LogP contribution in [0.5, 0.6) is 0 Å². The van der Waals surface area contributed by atoms with Gasteiger partial charge in [0.15, 0.2) is 0 Å². The van der Waals surface area contributed by atoms with Crippen molar-refractivity contribution in [2.75, 3.05) is 23.7 Å². The second-order valence-electron chi connectivity index (χ2n) is 7.59. The molecule has 1 aromatic carbocycles. The lowest BCUT2D eigenvalue weighted by atomic mass is 10.1. The molecule has 0 saturated carbocycles. The molecule has 8 nitrogen and oxygen atoms in total. The molecule has 1 fully saturated rings. The molecule has 0 aliphatic carbocycles. The van der Waals surface area contributed by atoms with Gasteiger partial charge in [-0.1, -0.05) is 0 Å². The SMILES string of the molecule is N#Cc1ccc(NC(=O)c2cc(-c3nc(N[C@H]4CCCNC4)ncc3C(F)(F)F)c[nH]2)cc1. The highest BCUT2D eigenvalue weighted by atomic mass is 19.4. The maximum Gasteiger partial charge on any atom is 0.419 e. The molecule has 0 bridgehead atoms. The van der Waals surface area contributed by atoms with E-state index in [4.69, 9.17) is 5.26 Å². The van der Waals surface area contributed by atoms with Crippen LogP contribution >= 0.6 is 0 Å². The van der Waals surface area contributed by atoms with Crippen molar-refractivity contribution in [3.05, 3.63) is 59.5 Å². The number of piperidine rings is 1. The summed E-state index contributed by atoms with van der Waals surface area (Å²) < 4.78 is 40.8. The van der Waals surface area contributed by atoms with E-state index < -0.39 is 17.6 Å². The highest BCUT2D eigenvalue weighted by Gasteiger charge is 2.36. The first-order valence-corrected chi connectivity index (χ1v) is 10.3. The van der Waals surface area contributed by atoms with E-state index in [1.165, 1.54) is 12.3 Å². The zero-order valence-corrected chi connectivity index (χ0v) is 17.3. The lowest BCUT2D eigenvalue weighted by Gasteiger charge is -2.24. The first kappa shape index (κ1) is 22.3. The van der Waals surface area contributed by atoms with Crippen LogP contribution in [0.2, 0.25) is 0 Å². The lowest BCUT2D eigenvalue weighted by molar-refractivity contribution is -0.137. The molecular weight excluding hydrogens is 435 g/mol. The van der Waals surface area contributed by atoms with Crippen molar-refractivity contribution in [2.45, 2.75) is 25.1 Å². The first-order valence-electron chi connectivity index (χ1n) is 10.3. The normalized spacial score (nSPS) is 16.1. The van der Waals surface area contributed by atoms with Gasteiger partial charge in [-0.15, -0.1) is 0 Å². The molecule has 1 saturated heterocycles. The molecule has 0 radical (unpaired) electrons. The van der Waals surface area contributed by atoms with E-state index in [1.807, 2.05) is 6.07 Å². The Balaban J connectivity index is 1.58. The summed E-state index contributed by atoms with van der Waals surface area (Å²) in [6, 6.07) is 9.51. The lowest BCUT2D eigenvalue weighted by Crippen LogP contribution is -2.38. The number of aromatic amines is 1. The molecule has 1 atom stereocenters. The van der Waals surface area contributed by atoms with E-state index in [1.54, 1.807) is 24.3 Å². The molecule has 33 heavy (non-hydrogen) atoms. The average molecular weight is 455 g/mol. The number of benzene rings is 1. The van der Waals surface area contributed by atoms with Crippen molar-refractivity contribution in [1.82, 2.24) is 20.3 Å². The van der Waals surface area contributed by atoms with Gasteiger partial charge in [0.1, 0.15) is 11.3 Å². The Morgan fingerprint density at radius 2 is 2.03 bits per heavy atom. The predicted octanol–water partition coefficient (Wildman–Crippen LogP) is 3.78. The molecular formula is C22H20F3N7O. The molecule has 2 aromatic heterocycles. The van der Waals surface area contributed by atoms with Crippen LogP contribution in [-0.4, -0.2) is 40.0 Å². The highest BCUT2D eigenvalue weighted by molar-refractivity contribution is 6.03. The Labute approximate surface area is 187 Å². The topological polar surface area (TPSA) is 119 Å². The molecule has 11 heteroatoms. The standard InChI is InChI=1S/C22H20F3N7O/c23-22(24,25)17-12-29-21(31-16-2-1-7-27-11-16)32-19(17)14-8-18(28-10-14)20(33)30-15-5-3-13(9-26)4-6-15/h3-6,8,10,12,16,27-28H,1-2,7,11H2,(H,30,33)(H,29,31,32)/t16-/m0/s1. The number of hydrogen-bond donors (Lipinski definition) is 4. The van der Waals surface area contributed by atoms with Crippen LogP contribution in [0.15, 0.2) is 42.7 Å². The number of aromatic nitrogens is 3. The number of carbonyl (C=O) groups is 1. The van der Waals surface area contributed by atoms with Crippen molar-refractivity contribution in [3.8, 4) is 17.3 Å². The minimum atomic E-state index is -4.66. The summed E-state index contributed by atoms with van der Waals surface area (Å²) in [4.78, 5) is 23.2. The Kier molecular flexibility index (Phi) is 6.28. The number of halogens is 3. The first-order chi connectivity index (χ1) is 15.8. The number of anilines is 2. The summed E-state index contributed by atoms with van der Waals surface area (Å²) in [6.45, 7) is 1.57. The van der Waals surface area contributed by atoms with Gasteiger partial charge in [-0.3, -0.25) is 4.79 Å². The number of H-pyrrole nitrogens is 1. The van der Waals surface area contributed by atoms with E-state index in [9.17, 15) is 18.0 Å². The molecule has 3 heterocycles. The third-order valence-corrected chi connectivity index (χ3v) is 5.20. The molecule has 3 aromatic rings. The third kappa shape index (κ3) is 5.30. The second-order valence-corrected chi connectivity index (χ2v) is 7.59. The fourth-order valence-electron chi connectivity index (χ4n) is 3.53. The van der Waals surface area contributed by atoms with Gasteiger partial charge in [-0.05, 0) is 49.7 Å².